The predicted molar refractivity (Wildman–Crippen MR) is 71.7 cm³/mol. The van der Waals surface area contributed by atoms with Gasteiger partial charge in [0.25, 0.3) is 0 Å². The van der Waals surface area contributed by atoms with E-state index < -0.39 is 0 Å². The number of hydrogen-bond acceptors (Lipinski definition) is 4. The van der Waals surface area contributed by atoms with E-state index in [0.29, 0.717) is 23.7 Å². The van der Waals surface area contributed by atoms with E-state index >= 15 is 0 Å². The molecule has 2 rings (SSSR count). The first-order chi connectivity index (χ1) is 8.69. The number of nitrogens with zero attached hydrogens (tertiary/aromatic N) is 1. The molecule has 1 aromatic carbocycles. The normalized spacial score (nSPS) is 15.6. The third kappa shape index (κ3) is 3.13. The summed E-state index contributed by atoms with van der Waals surface area (Å²) in [7, 11) is 1.58. The van der Waals surface area contributed by atoms with Crippen LogP contribution in [0.5, 0.6) is 5.75 Å². The Hall–Kier alpha value is -1.75. The molecule has 0 aromatic heterocycles. The molecule has 0 aliphatic carbocycles. The first kappa shape index (κ1) is 12.7. The van der Waals surface area contributed by atoms with Gasteiger partial charge in [-0.2, -0.15) is 0 Å². The Labute approximate surface area is 107 Å². The molecule has 98 valence electrons. The molecule has 1 aromatic rings. The Morgan fingerprint density at radius 3 is 2.78 bits per heavy atom. The van der Waals surface area contributed by atoms with Crippen LogP contribution in [0.25, 0.3) is 0 Å². The second kappa shape index (κ2) is 5.73. The van der Waals surface area contributed by atoms with Crippen LogP contribution in [-0.4, -0.2) is 37.6 Å². The van der Waals surface area contributed by atoms with Crippen molar-refractivity contribution in [2.75, 3.05) is 37.8 Å². The summed E-state index contributed by atoms with van der Waals surface area (Å²) < 4.78 is 5.06. The zero-order chi connectivity index (χ0) is 13.0. The van der Waals surface area contributed by atoms with Crippen molar-refractivity contribution in [2.45, 2.75) is 12.8 Å². The fraction of sp³-hybridized carbons (Fsp3) is 0.462. The van der Waals surface area contributed by atoms with Gasteiger partial charge in [0.15, 0.2) is 0 Å². The zero-order valence-electron chi connectivity index (χ0n) is 10.6. The van der Waals surface area contributed by atoms with Crippen LogP contribution < -0.4 is 15.8 Å². The maximum Gasteiger partial charge on any atom is 0.238 e. The standard InChI is InChI=1S/C13H19N3O2/c1-18-10-4-5-12(11(14)8-10)15-13(17)9-16-6-2-3-7-16/h4-5,8H,2-3,6-7,9,14H2,1H3,(H,15,17). The molecule has 1 amide bonds. The van der Waals surface area contributed by atoms with Gasteiger partial charge in [0, 0.05) is 6.07 Å². The number of methoxy groups -OCH3 is 1. The lowest BCUT2D eigenvalue weighted by molar-refractivity contribution is -0.117. The quantitative estimate of drug-likeness (QED) is 0.790. The zero-order valence-corrected chi connectivity index (χ0v) is 10.6. The average Bonchev–Trinajstić information content (AvgIpc) is 2.84. The molecule has 0 unspecified atom stereocenters. The van der Waals surface area contributed by atoms with Gasteiger partial charge >= 0.3 is 0 Å². The highest BCUT2D eigenvalue weighted by Gasteiger charge is 2.15. The monoisotopic (exact) mass is 249 g/mol. The molecular formula is C13H19N3O2. The number of carbonyl (C=O) groups excluding carboxylic acids is 1. The van der Waals surface area contributed by atoms with Crippen molar-refractivity contribution in [3.05, 3.63) is 18.2 Å². The maximum absolute atomic E-state index is 11.8. The fourth-order valence-corrected chi connectivity index (χ4v) is 2.12. The van der Waals surface area contributed by atoms with Crippen molar-refractivity contribution >= 4 is 17.3 Å². The van der Waals surface area contributed by atoms with Gasteiger partial charge in [-0.3, -0.25) is 9.69 Å². The van der Waals surface area contributed by atoms with Crippen molar-refractivity contribution in [3.8, 4) is 5.75 Å². The summed E-state index contributed by atoms with van der Waals surface area (Å²) in [5.41, 5.74) is 7.00. The van der Waals surface area contributed by atoms with Crippen LogP contribution >= 0.6 is 0 Å². The second-order valence-corrected chi connectivity index (χ2v) is 4.48. The number of amides is 1. The topological polar surface area (TPSA) is 67.6 Å². The van der Waals surface area contributed by atoms with Crippen LogP contribution in [0.1, 0.15) is 12.8 Å². The summed E-state index contributed by atoms with van der Waals surface area (Å²) in [5, 5.41) is 2.83. The number of nitrogens with two attached hydrogens (primary N) is 1. The molecule has 5 nitrogen and oxygen atoms in total. The molecule has 1 fully saturated rings. The van der Waals surface area contributed by atoms with E-state index in [-0.39, 0.29) is 5.91 Å². The molecular weight excluding hydrogens is 230 g/mol. The summed E-state index contributed by atoms with van der Waals surface area (Å²) in [5.74, 6) is 0.666. The van der Waals surface area contributed by atoms with Gasteiger partial charge in [0.05, 0.1) is 25.0 Å². The highest BCUT2D eigenvalue weighted by atomic mass is 16.5. The van der Waals surface area contributed by atoms with Crippen molar-refractivity contribution in [3.63, 3.8) is 0 Å². The lowest BCUT2D eigenvalue weighted by Crippen LogP contribution is -2.31. The highest BCUT2D eigenvalue weighted by molar-refractivity contribution is 5.95. The minimum atomic E-state index is -0.0197. The number of nitrogens with one attached hydrogen (secondary N) is 1. The number of benzene rings is 1. The molecule has 1 heterocycles. The van der Waals surface area contributed by atoms with Crippen molar-refractivity contribution in [1.29, 1.82) is 0 Å². The minimum Gasteiger partial charge on any atom is -0.497 e. The number of nitrogen functional groups attached to an aromatic ring is 1. The molecule has 0 bridgehead atoms. The molecule has 0 radical (unpaired) electrons. The van der Waals surface area contributed by atoms with Gasteiger partial charge in [0.1, 0.15) is 5.75 Å². The average molecular weight is 249 g/mol. The van der Waals surface area contributed by atoms with Gasteiger partial charge in [0.2, 0.25) is 5.91 Å². The van der Waals surface area contributed by atoms with E-state index in [1.807, 2.05) is 0 Å². The Morgan fingerprint density at radius 1 is 1.44 bits per heavy atom. The molecule has 3 N–H and O–H groups in total. The van der Waals surface area contributed by atoms with E-state index in [0.717, 1.165) is 13.1 Å². The van der Waals surface area contributed by atoms with Crippen LogP contribution in [0.15, 0.2) is 18.2 Å². The largest absolute Gasteiger partial charge is 0.497 e. The molecule has 0 atom stereocenters. The van der Waals surface area contributed by atoms with Crippen molar-refractivity contribution in [2.24, 2.45) is 0 Å². The first-order valence-corrected chi connectivity index (χ1v) is 6.15. The number of rotatable bonds is 4. The van der Waals surface area contributed by atoms with Crippen LogP contribution in [0.3, 0.4) is 0 Å². The van der Waals surface area contributed by atoms with Crippen LogP contribution in [-0.2, 0) is 4.79 Å². The van der Waals surface area contributed by atoms with Crippen LogP contribution in [0.4, 0.5) is 11.4 Å². The van der Waals surface area contributed by atoms with Crippen LogP contribution in [0, 0.1) is 0 Å². The van der Waals surface area contributed by atoms with E-state index in [1.54, 1.807) is 25.3 Å². The Kier molecular flexibility index (Phi) is 4.04. The predicted octanol–water partition coefficient (Wildman–Crippen LogP) is 1.31. The second-order valence-electron chi connectivity index (χ2n) is 4.48. The Morgan fingerprint density at radius 2 is 2.17 bits per heavy atom. The number of carbonyl (C=O) groups is 1. The summed E-state index contributed by atoms with van der Waals surface area (Å²) in [6, 6.07) is 5.24. The molecule has 5 heteroatoms. The summed E-state index contributed by atoms with van der Waals surface area (Å²) in [6.07, 6.45) is 2.36. The van der Waals surface area contributed by atoms with Crippen molar-refractivity contribution < 1.29 is 9.53 Å². The van der Waals surface area contributed by atoms with E-state index in [2.05, 4.69) is 10.2 Å². The molecule has 1 aliphatic rings. The Balaban J connectivity index is 1.93. The first-order valence-electron chi connectivity index (χ1n) is 6.15. The summed E-state index contributed by atoms with van der Waals surface area (Å²) >= 11 is 0. The highest BCUT2D eigenvalue weighted by Crippen LogP contribution is 2.24. The smallest absolute Gasteiger partial charge is 0.238 e. The van der Waals surface area contributed by atoms with E-state index in [1.165, 1.54) is 12.8 Å². The SMILES string of the molecule is COc1ccc(NC(=O)CN2CCCC2)c(N)c1. The fourth-order valence-electron chi connectivity index (χ4n) is 2.12. The lowest BCUT2D eigenvalue weighted by atomic mass is 10.2. The maximum atomic E-state index is 11.8. The molecule has 18 heavy (non-hydrogen) atoms. The van der Waals surface area contributed by atoms with Gasteiger partial charge in [-0.25, -0.2) is 0 Å². The van der Waals surface area contributed by atoms with E-state index in [4.69, 9.17) is 10.5 Å². The molecule has 1 aliphatic heterocycles. The number of anilines is 2. The molecule has 1 saturated heterocycles. The third-order valence-electron chi connectivity index (χ3n) is 3.10. The number of hydrogen-bond donors (Lipinski definition) is 2. The van der Waals surface area contributed by atoms with Gasteiger partial charge in [-0.15, -0.1) is 0 Å². The Bertz CT molecular complexity index is 428. The minimum absolute atomic E-state index is 0.0197. The third-order valence-corrected chi connectivity index (χ3v) is 3.10. The number of ether oxygens (including phenoxy) is 1. The molecule has 0 saturated carbocycles. The lowest BCUT2D eigenvalue weighted by Gasteiger charge is -2.15. The summed E-state index contributed by atoms with van der Waals surface area (Å²) in [4.78, 5) is 14.0. The van der Waals surface area contributed by atoms with Gasteiger partial charge in [-0.05, 0) is 38.1 Å². The van der Waals surface area contributed by atoms with Crippen LogP contribution in [0.2, 0.25) is 0 Å². The number of likely N-dealkylation sites (tertiary alicyclic amines) is 1. The molecule has 0 spiro atoms. The van der Waals surface area contributed by atoms with Crippen molar-refractivity contribution in [1.82, 2.24) is 4.90 Å². The van der Waals surface area contributed by atoms with Gasteiger partial charge in [-0.1, -0.05) is 0 Å². The van der Waals surface area contributed by atoms with E-state index in [9.17, 15) is 4.79 Å². The van der Waals surface area contributed by atoms with Gasteiger partial charge < -0.3 is 15.8 Å². The summed E-state index contributed by atoms with van der Waals surface area (Å²) in [6.45, 7) is 2.45.